The van der Waals surface area contributed by atoms with Crippen LogP contribution in [0, 0.1) is 19.8 Å². The van der Waals surface area contributed by atoms with Crippen molar-refractivity contribution in [3.63, 3.8) is 0 Å². The van der Waals surface area contributed by atoms with Crippen LogP contribution in [0.5, 0.6) is 0 Å². The summed E-state index contributed by atoms with van der Waals surface area (Å²) >= 11 is 0. The van der Waals surface area contributed by atoms with Crippen LogP contribution in [0.3, 0.4) is 0 Å². The summed E-state index contributed by atoms with van der Waals surface area (Å²) in [6.07, 6.45) is 4.71. The Labute approximate surface area is 125 Å². The minimum absolute atomic E-state index is 0.574. The Balaban J connectivity index is 1.85. The maximum Gasteiger partial charge on any atom is 0.150 e. The van der Waals surface area contributed by atoms with Gasteiger partial charge in [0.05, 0.1) is 23.6 Å². The van der Waals surface area contributed by atoms with Crippen molar-refractivity contribution in [3.8, 4) is 0 Å². The van der Waals surface area contributed by atoms with Gasteiger partial charge in [-0.1, -0.05) is 13.8 Å². The van der Waals surface area contributed by atoms with Crippen LogP contribution in [-0.2, 0) is 19.5 Å². The smallest absolute Gasteiger partial charge is 0.150 e. The lowest BCUT2D eigenvalue weighted by atomic mass is 10.1. The molecule has 5 heteroatoms. The fourth-order valence-electron chi connectivity index (χ4n) is 2.63. The van der Waals surface area contributed by atoms with Crippen LogP contribution in [0.1, 0.15) is 42.3 Å². The summed E-state index contributed by atoms with van der Waals surface area (Å²) in [6, 6.07) is 0. The number of aryl methyl sites for hydroxylation is 2. The van der Waals surface area contributed by atoms with E-state index in [1.807, 2.05) is 26.2 Å². The quantitative estimate of drug-likeness (QED) is 0.866. The molecule has 0 fully saturated rings. The fourth-order valence-corrected chi connectivity index (χ4v) is 2.63. The Morgan fingerprint density at radius 2 is 1.90 bits per heavy atom. The Bertz CT molecular complexity index is 666. The molecule has 0 spiro atoms. The molecule has 0 aliphatic carbocycles. The predicted octanol–water partition coefficient (Wildman–Crippen LogP) is 2.60. The zero-order valence-corrected chi connectivity index (χ0v) is 13.1. The SMILES string of the molecule is Cc1cnc(C)c(N2Cc3cnc(CC(C)C)nc3C2)n1. The molecule has 0 amide bonds. The van der Waals surface area contributed by atoms with E-state index in [1.165, 1.54) is 5.56 Å². The van der Waals surface area contributed by atoms with E-state index in [9.17, 15) is 0 Å². The summed E-state index contributed by atoms with van der Waals surface area (Å²) in [5.74, 6) is 2.47. The van der Waals surface area contributed by atoms with Gasteiger partial charge in [-0.3, -0.25) is 4.98 Å². The van der Waals surface area contributed by atoms with Gasteiger partial charge in [0.25, 0.3) is 0 Å². The molecule has 0 N–H and O–H groups in total. The second kappa shape index (κ2) is 5.39. The van der Waals surface area contributed by atoms with E-state index in [2.05, 4.69) is 33.7 Å². The van der Waals surface area contributed by atoms with Gasteiger partial charge in [-0.15, -0.1) is 0 Å². The predicted molar refractivity (Wildman–Crippen MR) is 82.0 cm³/mol. The lowest BCUT2D eigenvalue weighted by Crippen LogP contribution is -2.18. The van der Waals surface area contributed by atoms with Gasteiger partial charge in [-0.2, -0.15) is 0 Å². The van der Waals surface area contributed by atoms with Gasteiger partial charge in [0.1, 0.15) is 5.82 Å². The molecule has 5 nitrogen and oxygen atoms in total. The molecular formula is C16H21N5. The van der Waals surface area contributed by atoms with Crippen molar-refractivity contribution in [2.75, 3.05) is 4.90 Å². The third-order valence-electron chi connectivity index (χ3n) is 3.65. The second-order valence-corrected chi connectivity index (χ2v) is 6.13. The summed E-state index contributed by atoms with van der Waals surface area (Å²) in [4.78, 5) is 20.5. The molecule has 0 aromatic carbocycles. The third-order valence-corrected chi connectivity index (χ3v) is 3.65. The Morgan fingerprint density at radius 3 is 2.67 bits per heavy atom. The lowest BCUT2D eigenvalue weighted by molar-refractivity contribution is 0.617. The van der Waals surface area contributed by atoms with Crippen molar-refractivity contribution in [1.29, 1.82) is 0 Å². The maximum absolute atomic E-state index is 4.72. The van der Waals surface area contributed by atoms with Crippen LogP contribution in [0.15, 0.2) is 12.4 Å². The molecule has 1 aliphatic rings. The molecule has 0 saturated carbocycles. The number of hydrogen-bond acceptors (Lipinski definition) is 5. The summed E-state index contributed by atoms with van der Waals surface area (Å²) in [5.41, 5.74) is 4.23. The molecule has 0 atom stereocenters. The zero-order valence-electron chi connectivity index (χ0n) is 13.1. The Morgan fingerprint density at radius 1 is 1.10 bits per heavy atom. The number of rotatable bonds is 3. The first-order valence-corrected chi connectivity index (χ1v) is 7.42. The lowest BCUT2D eigenvalue weighted by Gasteiger charge is -2.18. The number of fused-ring (bicyclic) bond motifs is 1. The molecule has 2 aromatic rings. The topological polar surface area (TPSA) is 54.8 Å². The van der Waals surface area contributed by atoms with Crippen molar-refractivity contribution >= 4 is 5.82 Å². The molecule has 2 aromatic heterocycles. The van der Waals surface area contributed by atoms with E-state index >= 15 is 0 Å². The summed E-state index contributed by atoms with van der Waals surface area (Å²) in [6.45, 7) is 9.96. The van der Waals surface area contributed by atoms with Gasteiger partial charge in [0, 0.05) is 30.9 Å². The molecule has 0 bridgehead atoms. The highest BCUT2D eigenvalue weighted by atomic mass is 15.2. The minimum atomic E-state index is 0.574. The Kier molecular flexibility index (Phi) is 3.57. The summed E-state index contributed by atoms with van der Waals surface area (Å²) in [7, 11) is 0. The number of anilines is 1. The van der Waals surface area contributed by atoms with Crippen molar-refractivity contribution in [2.45, 2.75) is 47.2 Å². The average Bonchev–Trinajstić information content (AvgIpc) is 2.83. The van der Waals surface area contributed by atoms with Gasteiger partial charge in [-0.05, 0) is 19.8 Å². The van der Waals surface area contributed by atoms with E-state index < -0.39 is 0 Å². The molecular weight excluding hydrogens is 262 g/mol. The molecule has 110 valence electrons. The summed E-state index contributed by atoms with van der Waals surface area (Å²) < 4.78 is 0. The highest BCUT2D eigenvalue weighted by Crippen LogP contribution is 2.27. The maximum atomic E-state index is 4.72. The number of hydrogen-bond donors (Lipinski definition) is 0. The van der Waals surface area contributed by atoms with E-state index in [-0.39, 0.29) is 0 Å². The Hall–Kier alpha value is -2.04. The van der Waals surface area contributed by atoms with Gasteiger partial charge >= 0.3 is 0 Å². The molecule has 3 rings (SSSR count). The van der Waals surface area contributed by atoms with E-state index in [0.29, 0.717) is 5.92 Å². The zero-order chi connectivity index (χ0) is 15.0. The van der Waals surface area contributed by atoms with Crippen LogP contribution in [0.4, 0.5) is 5.82 Å². The van der Waals surface area contributed by atoms with E-state index in [4.69, 9.17) is 4.98 Å². The largest absolute Gasteiger partial charge is 0.345 e. The van der Waals surface area contributed by atoms with Crippen molar-refractivity contribution < 1.29 is 0 Å². The monoisotopic (exact) mass is 283 g/mol. The van der Waals surface area contributed by atoms with Crippen LogP contribution < -0.4 is 4.90 Å². The van der Waals surface area contributed by atoms with Gasteiger partial charge in [0.2, 0.25) is 0 Å². The minimum Gasteiger partial charge on any atom is -0.345 e. The molecule has 3 heterocycles. The van der Waals surface area contributed by atoms with Crippen LogP contribution >= 0.6 is 0 Å². The van der Waals surface area contributed by atoms with Crippen molar-refractivity contribution in [3.05, 3.63) is 40.9 Å². The first-order valence-electron chi connectivity index (χ1n) is 7.42. The number of nitrogens with zero attached hydrogens (tertiary/aromatic N) is 5. The standard InChI is InChI=1S/C16H21N5/c1-10(2)5-15-18-7-13-8-21(9-14(13)20-15)16-12(4)17-6-11(3)19-16/h6-7,10H,5,8-9H2,1-4H3. The molecule has 0 saturated heterocycles. The van der Waals surface area contributed by atoms with Crippen molar-refractivity contribution in [2.24, 2.45) is 5.92 Å². The van der Waals surface area contributed by atoms with Crippen LogP contribution in [0.2, 0.25) is 0 Å². The second-order valence-electron chi connectivity index (χ2n) is 6.13. The first kappa shape index (κ1) is 13.9. The highest BCUT2D eigenvalue weighted by molar-refractivity contribution is 5.48. The molecule has 0 unspecified atom stereocenters. The molecule has 21 heavy (non-hydrogen) atoms. The summed E-state index contributed by atoms with van der Waals surface area (Å²) in [5, 5.41) is 0. The fraction of sp³-hybridized carbons (Fsp3) is 0.500. The molecule has 0 radical (unpaired) electrons. The van der Waals surface area contributed by atoms with Crippen LogP contribution in [-0.4, -0.2) is 19.9 Å². The van der Waals surface area contributed by atoms with Gasteiger partial charge in [-0.25, -0.2) is 15.0 Å². The number of aromatic nitrogens is 4. The normalized spacial score (nSPS) is 13.9. The first-order chi connectivity index (χ1) is 10.0. The van der Waals surface area contributed by atoms with E-state index in [0.717, 1.165) is 48.2 Å². The van der Waals surface area contributed by atoms with Crippen LogP contribution in [0.25, 0.3) is 0 Å². The van der Waals surface area contributed by atoms with Gasteiger partial charge in [0.15, 0.2) is 5.82 Å². The molecule has 1 aliphatic heterocycles. The van der Waals surface area contributed by atoms with Gasteiger partial charge < -0.3 is 4.90 Å². The average molecular weight is 283 g/mol. The van der Waals surface area contributed by atoms with Crippen molar-refractivity contribution in [1.82, 2.24) is 19.9 Å². The third kappa shape index (κ3) is 2.86. The highest BCUT2D eigenvalue weighted by Gasteiger charge is 2.24. The van der Waals surface area contributed by atoms with E-state index in [1.54, 1.807) is 0 Å².